The van der Waals surface area contributed by atoms with Crippen molar-refractivity contribution in [1.82, 2.24) is 0 Å². The van der Waals surface area contributed by atoms with Gasteiger partial charge in [-0.1, -0.05) is 39.0 Å². The highest BCUT2D eigenvalue weighted by Crippen LogP contribution is 2.29. The summed E-state index contributed by atoms with van der Waals surface area (Å²) in [5.74, 6) is 1.45. The lowest BCUT2D eigenvalue weighted by molar-refractivity contribution is 0.320. The van der Waals surface area contributed by atoms with Crippen LogP contribution in [-0.4, -0.2) is 5.71 Å². The van der Waals surface area contributed by atoms with Crippen molar-refractivity contribution in [3.63, 3.8) is 0 Å². The topological polar surface area (TPSA) is 23.9 Å². The van der Waals surface area contributed by atoms with Gasteiger partial charge in [0.05, 0.1) is 0 Å². The van der Waals surface area contributed by atoms with Gasteiger partial charge in [-0.25, -0.2) is 0 Å². The molecular weight excluding hydrogens is 146 g/mol. The summed E-state index contributed by atoms with van der Waals surface area (Å²) >= 11 is 0. The van der Waals surface area contributed by atoms with Gasteiger partial charge in [-0.2, -0.15) is 0 Å². The molecule has 1 aliphatic rings. The molecule has 1 nitrogen and oxygen atoms in total. The van der Waals surface area contributed by atoms with Crippen molar-refractivity contribution >= 4 is 5.71 Å². The van der Waals surface area contributed by atoms with Gasteiger partial charge < -0.3 is 5.41 Å². The summed E-state index contributed by atoms with van der Waals surface area (Å²) in [5, 5.41) is 7.52. The van der Waals surface area contributed by atoms with E-state index in [1.807, 2.05) is 6.92 Å². The van der Waals surface area contributed by atoms with Crippen molar-refractivity contribution in [2.24, 2.45) is 11.8 Å². The minimum absolute atomic E-state index is 0.521. The van der Waals surface area contributed by atoms with E-state index in [4.69, 9.17) is 5.41 Å². The van der Waals surface area contributed by atoms with Crippen LogP contribution in [0.25, 0.3) is 0 Å². The largest absolute Gasteiger partial charge is 0.310 e. The quantitative estimate of drug-likeness (QED) is 0.621. The molecule has 1 saturated carbocycles. The van der Waals surface area contributed by atoms with Crippen LogP contribution >= 0.6 is 0 Å². The lowest BCUT2D eigenvalue weighted by Gasteiger charge is -2.24. The van der Waals surface area contributed by atoms with Crippen LogP contribution in [0, 0.1) is 17.2 Å². The summed E-state index contributed by atoms with van der Waals surface area (Å²) in [7, 11) is 0. The summed E-state index contributed by atoms with van der Waals surface area (Å²) in [5.41, 5.74) is 0.862. The highest BCUT2D eigenvalue weighted by Gasteiger charge is 2.16. The van der Waals surface area contributed by atoms with E-state index in [9.17, 15) is 0 Å². The van der Waals surface area contributed by atoms with Crippen LogP contribution in [0.4, 0.5) is 0 Å². The van der Waals surface area contributed by atoms with Crippen LogP contribution in [0.1, 0.15) is 52.4 Å². The molecule has 0 aliphatic heterocycles. The summed E-state index contributed by atoms with van der Waals surface area (Å²) in [4.78, 5) is 0. The Morgan fingerprint density at radius 2 is 1.92 bits per heavy atom. The van der Waals surface area contributed by atoms with Crippen LogP contribution in [0.15, 0.2) is 0 Å². The molecule has 0 amide bonds. The summed E-state index contributed by atoms with van der Waals surface area (Å²) < 4.78 is 0. The van der Waals surface area contributed by atoms with Crippen molar-refractivity contribution in [3.05, 3.63) is 0 Å². The van der Waals surface area contributed by atoms with Gasteiger partial charge in [0.1, 0.15) is 0 Å². The van der Waals surface area contributed by atoms with Gasteiger partial charge in [0.25, 0.3) is 0 Å². The maximum atomic E-state index is 7.52. The zero-order valence-corrected chi connectivity index (χ0v) is 8.40. The zero-order valence-electron chi connectivity index (χ0n) is 8.40. The lowest BCUT2D eigenvalue weighted by atomic mass is 9.82. The summed E-state index contributed by atoms with van der Waals surface area (Å²) in [6, 6.07) is 0. The van der Waals surface area contributed by atoms with Crippen LogP contribution in [0.5, 0.6) is 0 Å². The number of nitrogens with one attached hydrogen (secondary N) is 1. The molecule has 0 saturated heterocycles. The first-order valence-electron chi connectivity index (χ1n) is 5.25. The van der Waals surface area contributed by atoms with Gasteiger partial charge in [0.15, 0.2) is 0 Å². The van der Waals surface area contributed by atoms with Crippen LogP contribution < -0.4 is 0 Å². The van der Waals surface area contributed by atoms with Gasteiger partial charge >= 0.3 is 0 Å². The average Bonchev–Trinajstić information content (AvgIpc) is 2.06. The van der Waals surface area contributed by atoms with E-state index in [2.05, 4.69) is 6.92 Å². The molecule has 1 fully saturated rings. The SMILES string of the molecule is CC(=N)C(C)CC1CCCCC1. The summed E-state index contributed by atoms with van der Waals surface area (Å²) in [6.45, 7) is 4.13. The molecule has 0 aromatic carbocycles. The summed E-state index contributed by atoms with van der Waals surface area (Å²) in [6.07, 6.45) is 8.38. The minimum atomic E-state index is 0.521. The van der Waals surface area contributed by atoms with E-state index in [0.29, 0.717) is 5.92 Å². The van der Waals surface area contributed by atoms with Gasteiger partial charge in [0.2, 0.25) is 0 Å². The maximum Gasteiger partial charge on any atom is 0.00864 e. The zero-order chi connectivity index (χ0) is 8.97. The third kappa shape index (κ3) is 2.96. The Bertz CT molecular complexity index is 145. The molecule has 0 heterocycles. The average molecular weight is 167 g/mol. The second-order valence-electron chi connectivity index (χ2n) is 4.32. The van der Waals surface area contributed by atoms with E-state index in [1.54, 1.807) is 0 Å². The van der Waals surface area contributed by atoms with Crippen molar-refractivity contribution < 1.29 is 0 Å². The fraction of sp³-hybridized carbons (Fsp3) is 0.909. The fourth-order valence-corrected chi connectivity index (χ4v) is 2.10. The van der Waals surface area contributed by atoms with Crippen molar-refractivity contribution in [2.45, 2.75) is 52.4 Å². The molecule has 0 bridgehead atoms. The van der Waals surface area contributed by atoms with E-state index in [-0.39, 0.29) is 0 Å². The molecule has 0 radical (unpaired) electrons. The molecule has 1 heteroatoms. The Morgan fingerprint density at radius 3 is 2.42 bits per heavy atom. The predicted octanol–water partition coefficient (Wildman–Crippen LogP) is 3.63. The molecule has 1 aliphatic carbocycles. The second-order valence-corrected chi connectivity index (χ2v) is 4.32. The Morgan fingerprint density at radius 1 is 1.33 bits per heavy atom. The molecule has 0 aromatic rings. The standard InChI is InChI=1S/C11H21N/c1-9(10(2)12)8-11-6-4-3-5-7-11/h9,11-12H,3-8H2,1-2H3. The highest BCUT2D eigenvalue weighted by atomic mass is 14.4. The molecule has 0 spiro atoms. The maximum absolute atomic E-state index is 7.52. The van der Waals surface area contributed by atoms with E-state index in [0.717, 1.165) is 11.6 Å². The van der Waals surface area contributed by atoms with Crippen LogP contribution in [0.3, 0.4) is 0 Å². The highest BCUT2D eigenvalue weighted by molar-refractivity contribution is 5.80. The first-order chi connectivity index (χ1) is 5.70. The van der Waals surface area contributed by atoms with E-state index < -0.39 is 0 Å². The van der Waals surface area contributed by atoms with Crippen molar-refractivity contribution in [3.8, 4) is 0 Å². The van der Waals surface area contributed by atoms with Crippen LogP contribution in [0.2, 0.25) is 0 Å². The first kappa shape index (κ1) is 9.76. The third-order valence-electron chi connectivity index (χ3n) is 3.15. The molecule has 1 N–H and O–H groups in total. The molecule has 0 aromatic heterocycles. The molecule has 70 valence electrons. The number of rotatable bonds is 3. The normalized spacial score (nSPS) is 22.2. The molecule has 1 rings (SSSR count). The van der Waals surface area contributed by atoms with Crippen molar-refractivity contribution in [2.75, 3.05) is 0 Å². The smallest absolute Gasteiger partial charge is 0.00864 e. The third-order valence-corrected chi connectivity index (χ3v) is 3.15. The first-order valence-corrected chi connectivity index (χ1v) is 5.25. The predicted molar refractivity (Wildman–Crippen MR) is 53.8 cm³/mol. The number of hydrogen-bond acceptors (Lipinski definition) is 1. The molecule has 1 unspecified atom stereocenters. The van der Waals surface area contributed by atoms with Crippen molar-refractivity contribution in [1.29, 1.82) is 5.41 Å². The Labute approximate surface area is 76.1 Å². The van der Waals surface area contributed by atoms with Gasteiger partial charge in [-0.05, 0) is 25.2 Å². The Hall–Kier alpha value is -0.330. The van der Waals surface area contributed by atoms with Crippen LogP contribution in [-0.2, 0) is 0 Å². The lowest BCUT2D eigenvalue weighted by Crippen LogP contribution is -2.14. The van der Waals surface area contributed by atoms with E-state index >= 15 is 0 Å². The van der Waals surface area contributed by atoms with Gasteiger partial charge in [0, 0.05) is 5.71 Å². The second kappa shape index (κ2) is 4.64. The Balaban J connectivity index is 2.24. The van der Waals surface area contributed by atoms with E-state index in [1.165, 1.54) is 38.5 Å². The molecular formula is C11H21N. The molecule has 1 atom stereocenters. The van der Waals surface area contributed by atoms with Gasteiger partial charge in [-0.3, -0.25) is 0 Å². The Kier molecular flexibility index (Phi) is 3.77. The monoisotopic (exact) mass is 167 g/mol. The molecule has 12 heavy (non-hydrogen) atoms. The minimum Gasteiger partial charge on any atom is -0.310 e. The van der Waals surface area contributed by atoms with Gasteiger partial charge in [-0.15, -0.1) is 0 Å². The fourth-order valence-electron chi connectivity index (χ4n) is 2.10. The number of hydrogen-bond donors (Lipinski definition) is 1.